The van der Waals surface area contributed by atoms with Gasteiger partial charge in [0.15, 0.2) is 0 Å². The summed E-state index contributed by atoms with van der Waals surface area (Å²) in [5, 5.41) is 9.46. The largest absolute Gasteiger partial charge is 0.387 e. The number of aliphatic hydroxyl groups excluding tert-OH is 1. The van der Waals surface area contributed by atoms with Crippen LogP contribution in [0.4, 0.5) is 0 Å². The molecular formula is C16H21ClN2O3. The number of piperazine rings is 1. The lowest BCUT2D eigenvalue weighted by molar-refractivity contribution is -0.135. The molecule has 5 nitrogen and oxygen atoms in total. The van der Waals surface area contributed by atoms with E-state index in [-0.39, 0.29) is 11.8 Å². The summed E-state index contributed by atoms with van der Waals surface area (Å²) in [6.45, 7) is 5.45. The first kappa shape index (κ1) is 16.8. The fraction of sp³-hybridized carbons (Fsp3) is 0.500. The normalized spacial score (nSPS) is 15.3. The molecule has 0 aliphatic carbocycles. The smallest absolute Gasteiger partial charge is 0.254 e. The summed E-state index contributed by atoms with van der Waals surface area (Å²) < 4.78 is 0. The molecule has 1 aromatic carbocycles. The standard InChI is InChI=1S/C16H21ClN2O3/c1-11(2)13-4-3-12(9-14(13)17)16(22)19-7-5-18(6-8-19)15(21)10-20/h3-4,9,11,20H,5-8,10H2,1-2H3. The summed E-state index contributed by atoms with van der Waals surface area (Å²) in [6, 6.07) is 5.41. The number of carbonyl (C=O) groups is 2. The molecule has 0 aromatic heterocycles. The lowest BCUT2D eigenvalue weighted by Crippen LogP contribution is -2.51. The predicted octanol–water partition coefficient (Wildman–Crippen LogP) is 1.74. The Morgan fingerprint density at radius 2 is 1.77 bits per heavy atom. The zero-order chi connectivity index (χ0) is 16.3. The molecule has 0 radical (unpaired) electrons. The van der Waals surface area contributed by atoms with Crippen LogP contribution < -0.4 is 0 Å². The van der Waals surface area contributed by atoms with E-state index in [2.05, 4.69) is 13.8 Å². The predicted molar refractivity (Wildman–Crippen MR) is 85.1 cm³/mol. The molecule has 2 amide bonds. The Morgan fingerprint density at radius 1 is 1.18 bits per heavy atom. The maximum absolute atomic E-state index is 12.5. The molecule has 6 heteroatoms. The third-order valence-electron chi connectivity index (χ3n) is 3.92. The second-order valence-electron chi connectivity index (χ2n) is 5.72. The van der Waals surface area contributed by atoms with Gasteiger partial charge in [0.1, 0.15) is 6.61 Å². The van der Waals surface area contributed by atoms with Gasteiger partial charge in [-0.25, -0.2) is 0 Å². The van der Waals surface area contributed by atoms with E-state index in [1.807, 2.05) is 6.07 Å². The molecule has 0 bridgehead atoms. The summed E-state index contributed by atoms with van der Waals surface area (Å²) in [6.07, 6.45) is 0. The van der Waals surface area contributed by atoms with Crippen molar-refractivity contribution in [2.75, 3.05) is 32.8 Å². The Morgan fingerprint density at radius 3 is 2.27 bits per heavy atom. The van der Waals surface area contributed by atoms with Crippen molar-refractivity contribution in [3.8, 4) is 0 Å². The van der Waals surface area contributed by atoms with Crippen molar-refractivity contribution in [1.82, 2.24) is 9.80 Å². The van der Waals surface area contributed by atoms with Crippen LogP contribution in [0.25, 0.3) is 0 Å². The van der Waals surface area contributed by atoms with Gasteiger partial charge in [-0.15, -0.1) is 0 Å². The van der Waals surface area contributed by atoms with Crippen LogP contribution >= 0.6 is 11.6 Å². The molecule has 22 heavy (non-hydrogen) atoms. The Bertz CT molecular complexity index is 567. The van der Waals surface area contributed by atoms with Crippen molar-refractivity contribution in [1.29, 1.82) is 0 Å². The summed E-state index contributed by atoms with van der Waals surface area (Å²) in [5.41, 5.74) is 1.59. The number of nitrogens with zero attached hydrogens (tertiary/aromatic N) is 2. The third kappa shape index (κ3) is 3.59. The maximum atomic E-state index is 12.5. The van der Waals surface area contributed by atoms with Crippen LogP contribution in [-0.4, -0.2) is 59.5 Å². The zero-order valence-electron chi connectivity index (χ0n) is 12.9. The number of hydrogen-bond acceptors (Lipinski definition) is 3. The summed E-state index contributed by atoms with van der Waals surface area (Å²) in [4.78, 5) is 27.2. The Kier molecular flexibility index (Phi) is 5.42. The molecule has 120 valence electrons. The fourth-order valence-electron chi connectivity index (χ4n) is 2.57. The van der Waals surface area contributed by atoms with Crippen LogP contribution in [0, 0.1) is 0 Å². The number of amides is 2. The minimum atomic E-state index is -0.486. The average Bonchev–Trinajstić information content (AvgIpc) is 2.53. The van der Waals surface area contributed by atoms with Crippen molar-refractivity contribution in [2.24, 2.45) is 0 Å². The van der Waals surface area contributed by atoms with Gasteiger partial charge in [0.05, 0.1) is 0 Å². The third-order valence-corrected chi connectivity index (χ3v) is 4.25. The van der Waals surface area contributed by atoms with Gasteiger partial charge in [0.25, 0.3) is 5.91 Å². The van der Waals surface area contributed by atoms with Crippen LogP contribution in [0.3, 0.4) is 0 Å². The first-order chi connectivity index (χ1) is 10.4. The number of halogens is 1. The van der Waals surface area contributed by atoms with Crippen LogP contribution in [0.5, 0.6) is 0 Å². The van der Waals surface area contributed by atoms with Gasteiger partial charge in [0.2, 0.25) is 5.91 Å². The van der Waals surface area contributed by atoms with E-state index in [0.29, 0.717) is 42.7 Å². The maximum Gasteiger partial charge on any atom is 0.254 e. The van der Waals surface area contributed by atoms with E-state index in [0.717, 1.165) is 5.56 Å². The number of benzene rings is 1. The van der Waals surface area contributed by atoms with Crippen LogP contribution in [0.2, 0.25) is 5.02 Å². The van der Waals surface area contributed by atoms with E-state index in [1.165, 1.54) is 0 Å². The quantitative estimate of drug-likeness (QED) is 0.921. The van der Waals surface area contributed by atoms with E-state index >= 15 is 0 Å². The molecule has 0 saturated carbocycles. The number of rotatable bonds is 3. The Labute approximate surface area is 135 Å². The van der Waals surface area contributed by atoms with Crippen molar-refractivity contribution >= 4 is 23.4 Å². The van der Waals surface area contributed by atoms with E-state index in [4.69, 9.17) is 16.7 Å². The first-order valence-corrected chi connectivity index (χ1v) is 7.79. The van der Waals surface area contributed by atoms with Crippen LogP contribution in [0.1, 0.15) is 35.7 Å². The summed E-state index contributed by atoms with van der Waals surface area (Å²) in [5.74, 6) is -0.0607. The molecule has 1 aliphatic heterocycles. The minimum Gasteiger partial charge on any atom is -0.387 e. The zero-order valence-corrected chi connectivity index (χ0v) is 13.6. The second kappa shape index (κ2) is 7.11. The lowest BCUT2D eigenvalue weighted by atomic mass is 10.0. The molecule has 0 atom stereocenters. The topological polar surface area (TPSA) is 60.9 Å². The lowest BCUT2D eigenvalue weighted by Gasteiger charge is -2.34. The van der Waals surface area contributed by atoms with Crippen molar-refractivity contribution in [3.63, 3.8) is 0 Å². The van der Waals surface area contributed by atoms with Gasteiger partial charge in [-0.1, -0.05) is 31.5 Å². The van der Waals surface area contributed by atoms with Gasteiger partial charge in [-0.2, -0.15) is 0 Å². The summed E-state index contributed by atoms with van der Waals surface area (Å²) in [7, 11) is 0. The van der Waals surface area contributed by atoms with Crippen LogP contribution in [-0.2, 0) is 4.79 Å². The second-order valence-corrected chi connectivity index (χ2v) is 6.13. The highest BCUT2D eigenvalue weighted by Gasteiger charge is 2.24. The van der Waals surface area contributed by atoms with Crippen molar-refractivity contribution in [3.05, 3.63) is 34.3 Å². The monoisotopic (exact) mass is 324 g/mol. The summed E-state index contributed by atoms with van der Waals surface area (Å²) >= 11 is 6.24. The molecule has 1 N–H and O–H groups in total. The number of carbonyl (C=O) groups excluding carboxylic acids is 2. The van der Waals surface area contributed by atoms with E-state index < -0.39 is 6.61 Å². The molecule has 1 fully saturated rings. The SMILES string of the molecule is CC(C)c1ccc(C(=O)N2CCN(C(=O)CO)CC2)cc1Cl. The van der Waals surface area contributed by atoms with Crippen molar-refractivity contribution in [2.45, 2.75) is 19.8 Å². The molecule has 0 spiro atoms. The van der Waals surface area contributed by atoms with Gasteiger partial charge in [-0.3, -0.25) is 9.59 Å². The highest BCUT2D eigenvalue weighted by Crippen LogP contribution is 2.25. The first-order valence-electron chi connectivity index (χ1n) is 7.41. The number of hydrogen-bond donors (Lipinski definition) is 1. The minimum absolute atomic E-state index is 0.0756. The van der Waals surface area contributed by atoms with Crippen molar-refractivity contribution < 1.29 is 14.7 Å². The van der Waals surface area contributed by atoms with Gasteiger partial charge in [-0.05, 0) is 23.6 Å². The fourth-order valence-corrected chi connectivity index (χ4v) is 2.97. The van der Waals surface area contributed by atoms with Gasteiger partial charge in [0, 0.05) is 36.8 Å². The molecule has 1 aliphatic rings. The molecule has 0 unspecified atom stereocenters. The average molecular weight is 325 g/mol. The molecule has 1 aromatic rings. The highest BCUT2D eigenvalue weighted by atomic mass is 35.5. The Balaban J connectivity index is 2.04. The highest BCUT2D eigenvalue weighted by molar-refractivity contribution is 6.31. The van der Waals surface area contributed by atoms with Crippen LogP contribution in [0.15, 0.2) is 18.2 Å². The Hall–Kier alpha value is -1.59. The van der Waals surface area contributed by atoms with Gasteiger partial charge < -0.3 is 14.9 Å². The van der Waals surface area contributed by atoms with E-state index in [1.54, 1.807) is 21.9 Å². The number of aliphatic hydroxyl groups is 1. The molecule has 2 rings (SSSR count). The van der Waals surface area contributed by atoms with E-state index in [9.17, 15) is 9.59 Å². The molecule has 1 saturated heterocycles. The molecule has 1 heterocycles. The molecular weight excluding hydrogens is 304 g/mol. The van der Waals surface area contributed by atoms with Gasteiger partial charge >= 0.3 is 0 Å².